The fourth-order valence-corrected chi connectivity index (χ4v) is 5.04. The molecular formula is C36H52N8O9. The molecular weight excluding hydrogens is 688 g/mol. The highest BCUT2D eigenvalue weighted by Crippen LogP contribution is 2.12. The van der Waals surface area contributed by atoms with Gasteiger partial charge in [0.15, 0.2) is 0 Å². The number of hydrogen-bond donors (Lipinski definition) is 10. The predicted octanol–water partition coefficient (Wildman–Crippen LogP) is -2.15. The molecule has 17 heteroatoms. The molecule has 0 saturated heterocycles. The molecule has 0 saturated carbocycles. The molecule has 0 radical (unpaired) electrons. The molecule has 2 aromatic rings. The summed E-state index contributed by atoms with van der Waals surface area (Å²) >= 11 is 0. The van der Waals surface area contributed by atoms with Crippen LogP contribution in [0.1, 0.15) is 45.7 Å². The van der Waals surface area contributed by atoms with Crippen LogP contribution in [-0.2, 0) is 46.4 Å². The zero-order chi connectivity index (χ0) is 39.8. The fraction of sp³-hybridized carbons (Fsp3) is 0.472. The lowest BCUT2D eigenvalue weighted by Crippen LogP contribution is -2.61. The number of phenolic OH excluding ortho intramolecular Hbond substituents is 1. The number of nitrogens with two attached hydrogens (primary N) is 2. The Labute approximate surface area is 308 Å². The fourth-order valence-electron chi connectivity index (χ4n) is 5.04. The van der Waals surface area contributed by atoms with E-state index in [1.165, 1.54) is 19.1 Å². The number of rotatable bonds is 20. The summed E-state index contributed by atoms with van der Waals surface area (Å²) in [7, 11) is 0. The van der Waals surface area contributed by atoms with Gasteiger partial charge in [0.2, 0.25) is 41.4 Å². The summed E-state index contributed by atoms with van der Waals surface area (Å²) in [6.07, 6.45) is 0.110. The number of hydrogen-bond acceptors (Lipinski definition) is 10. The summed E-state index contributed by atoms with van der Waals surface area (Å²) in [6.45, 7) is 6.72. The first-order chi connectivity index (χ1) is 24.9. The van der Waals surface area contributed by atoms with Crippen molar-refractivity contribution in [3.63, 3.8) is 0 Å². The maximum absolute atomic E-state index is 13.6. The van der Waals surface area contributed by atoms with E-state index in [9.17, 15) is 43.8 Å². The number of phenols is 1. The first-order valence-electron chi connectivity index (χ1n) is 17.2. The average molecular weight is 741 g/mol. The van der Waals surface area contributed by atoms with Crippen molar-refractivity contribution in [2.45, 2.75) is 83.7 Å². The lowest BCUT2D eigenvalue weighted by molar-refractivity contribution is -0.136. The van der Waals surface area contributed by atoms with Crippen LogP contribution in [0.2, 0.25) is 0 Å². The van der Waals surface area contributed by atoms with Crippen molar-refractivity contribution >= 4 is 41.4 Å². The van der Waals surface area contributed by atoms with Crippen molar-refractivity contribution in [2.75, 3.05) is 13.2 Å². The number of primary amides is 1. The maximum Gasteiger partial charge on any atom is 0.245 e. The number of aliphatic hydroxyl groups excluding tert-OH is 1. The van der Waals surface area contributed by atoms with Crippen LogP contribution in [-0.4, -0.2) is 101 Å². The van der Waals surface area contributed by atoms with Gasteiger partial charge in [-0.3, -0.25) is 33.6 Å². The molecule has 0 aliphatic rings. The van der Waals surface area contributed by atoms with Gasteiger partial charge in [-0.2, -0.15) is 0 Å². The average Bonchev–Trinajstić information content (AvgIpc) is 3.11. The summed E-state index contributed by atoms with van der Waals surface area (Å²) in [6, 6.07) is 7.57. The highest BCUT2D eigenvalue weighted by atomic mass is 16.3. The maximum atomic E-state index is 13.6. The predicted molar refractivity (Wildman–Crippen MR) is 194 cm³/mol. The minimum absolute atomic E-state index is 0.0232. The molecule has 0 aliphatic carbocycles. The first-order valence-corrected chi connectivity index (χ1v) is 17.2. The molecule has 0 spiro atoms. The second-order valence-electron chi connectivity index (χ2n) is 13.3. The molecule has 7 amide bonds. The first kappa shape index (κ1) is 43.6. The molecule has 0 bridgehead atoms. The van der Waals surface area contributed by atoms with E-state index >= 15 is 0 Å². The van der Waals surface area contributed by atoms with Crippen LogP contribution in [0.5, 0.6) is 5.75 Å². The van der Waals surface area contributed by atoms with Gasteiger partial charge in [-0.05, 0) is 48.4 Å². The van der Waals surface area contributed by atoms with Crippen molar-refractivity contribution in [3.8, 4) is 5.75 Å². The Hall–Kier alpha value is -5.55. The molecule has 290 valence electrons. The minimum Gasteiger partial charge on any atom is -0.508 e. The van der Waals surface area contributed by atoms with Gasteiger partial charge in [0.1, 0.15) is 36.0 Å². The summed E-state index contributed by atoms with van der Waals surface area (Å²) in [5.74, 6) is -6.12. The Kier molecular flexibility index (Phi) is 17.4. The van der Waals surface area contributed by atoms with Gasteiger partial charge < -0.3 is 53.6 Å². The number of aliphatic hydroxyl groups is 1. The highest BCUT2D eigenvalue weighted by molar-refractivity contribution is 5.97. The molecule has 0 unspecified atom stereocenters. The third-order valence-corrected chi connectivity index (χ3v) is 8.14. The van der Waals surface area contributed by atoms with Gasteiger partial charge >= 0.3 is 0 Å². The molecule has 0 aliphatic heterocycles. The lowest BCUT2D eigenvalue weighted by Gasteiger charge is -2.28. The number of nitrogens with one attached hydrogen (secondary N) is 6. The Morgan fingerprint density at radius 2 is 1.11 bits per heavy atom. The zero-order valence-corrected chi connectivity index (χ0v) is 30.6. The summed E-state index contributed by atoms with van der Waals surface area (Å²) in [5.41, 5.74) is 12.5. The zero-order valence-electron chi connectivity index (χ0n) is 30.6. The van der Waals surface area contributed by atoms with E-state index in [0.29, 0.717) is 11.1 Å². The van der Waals surface area contributed by atoms with Gasteiger partial charge in [0.05, 0.1) is 19.2 Å². The summed E-state index contributed by atoms with van der Waals surface area (Å²) in [4.78, 5) is 90.0. The van der Waals surface area contributed by atoms with Crippen molar-refractivity contribution in [1.82, 2.24) is 31.9 Å². The second-order valence-corrected chi connectivity index (χ2v) is 13.3. The van der Waals surface area contributed by atoms with Gasteiger partial charge in [0.25, 0.3) is 0 Å². The van der Waals surface area contributed by atoms with E-state index in [1.54, 1.807) is 70.2 Å². The third kappa shape index (κ3) is 14.5. The molecule has 0 fully saturated rings. The van der Waals surface area contributed by atoms with Crippen LogP contribution in [0.4, 0.5) is 0 Å². The van der Waals surface area contributed by atoms with Crippen molar-refractivity contribution in [3.05, 3.63) is 65.7 Å². The standard InChI is InChI=1S/C36H52N8O9/c1-19(2)29(35(52)39-17-28(38)47)44-36(53)30(20(3)4)43-34(51)27(18-45)42-33(50)26(16-22-9-7-6-8-10-22)41-31(48)21(5)40-32(49)25(37)15-23-11-13-24(46)14-12-23/h6-14,19-21,25-27,29-30,45-46H,15-18,37H2,1-5H3,(H2,38,47)(H,39,52)(H,40,49)(H,41,48)(H,42,50)(H,43,51)(H,44,53)/t21-,25+,26+,27+,29+,30+/m1/s1. The van der Waals surface area contributed by atoms with Gasteiger partial charge in [-0.25, -0.2) is 0 Å². The van der Waals surface area contributed by atoms with Crippen LogP contribution < -0.4 is 43.4 Å². The topological polar surface area (TPSA) is 284 Å². The molecule has 2 rings (SSSR count). The molecule has 6 atom stereocenters. The summed E-state index contributed by atoms with van der Waals surface area (Å²) in [5, 5.41) is 34.6. The molecule has 17 nitrogen and oxygen atoms in total. The van der Waals surface area contributed by atoms with Gasteiger partial charge in [-0.15, -0.1) is 0 Å². The summed E-state index contributed by atoms with van der Waals surface area (Å²) < 4.78 is 0. The van der Waals surface area contributed by atoms with Crippen molar-refractivity contribution < 1.29 is 43.8 Å². The van der Waals surface area contributed by atoms with Crippen LogP contribution in [0.3, 0.4) is 0 Å². The van der Waals surface area contributed by atoms with E-state index in [-0.39, 0.29) is 18.6 Å². The Balaban J connectivity index is 2.15. The molecule has 0 heterocycles. The minimum atomic E-state index is -1.55. The monoisotopic (exact) mass is 740 g/mol. The Bertz CT molecular complexity index is 1570. The van der Waals surface area contributed by atoms with Crippen LogP contribution in [0.25, 0.3) is 0 Å². The van der Waals surface area contributed by atoms with Gasteiger partial charge in [0, 0.05) is 6.42 Å². The largest absolute Gasteiger partial charge is 0.508 e. The third-order valence-electron chi connectivity index (χ3n) is 8.14. The van der Waals surface area contributed by atoms with Crippen LogP contribution in [0.15, 0.2) is 54.6 Å². The SMILES string of the molecule is CC(C)[C@H](NC(=O)[C@H](CO)NC(=O)[C@H](Cc1ccccc1)NC(=O)[C@@H](C)NC(=O)[C@@H](N)Cc1ccc(O)cc1)C(=O)N[C@H](C(=O)NCC(N)=O)C(C)C. The lowest BCUT2D eigenvalue weighted by atomic mass is 9.99. The number of benzene rings is 2. The second kappa shape index (κ2) is 21.1. The van der Waals surface area contributed by atoms with Gasteiger partial charge in [-0.1, -0.05) is 70.2 Å². The van der Waals surface area contributed by atoms with Crippen molar-refractivity contribution in [2.24, 2.45) is 23.3 Å². The molecule has 0 aromatic heterocycles. The van der Waals surface area contributed by atoms with Crippen molar-refractivity contribution in [1.29, 1.82) is 0 Å². The normalized spacial score (nSPS) is 14.4. The molecule has 12 N–H and O–H groups in total. The Morgan fingerprint density at radius 3 is 1.66 bits per heavy atom. The smallest absolute Gasteiger partial charge is 0.245 e. The van der Waals surface area contributed by atoms with E-state index in [1.807, 2.05) is 0 Å². The Morgan fingerprint density at radius 1 is 0.604 bits per heavy atom. The quantitative estimate of drug-likeness (QED) is 0.0703. The van der Waals surface area contributed by atoms with Crippen LogP contribution in [0, 0.1) is 11.8 Å². The van der Waals surface area contributed by atoms with E-state index < -0.39 is 103 Å². The van der Waals surface area contributed by atoms with E-state index in [2.05, 4.69) is 31.9 Å². The van der Waals surface area contributed by atoms with E-state index in [4.69, 9.17) is 11.5 Å². The molecule has 53 heavy (non-hydrogen) atoms. The number of aromatic hydroxyl groups is 1. The number of carbonyl (C=O) groups is 7. The molecule has 2 aromatic carbocycles. The number of carbonyl (C=O) groups excluding carboxylic acids is 7. The van der Waals surface area contributed by atoms with Crippen LogP contribution >= 0.6 is 0 Å². The highest BCUT2D eigenvalue weighted by Gasteiger charge is 2.34. The van der Waals surface area contributed by atoms with E-state index in [0.717, 1.165) is 0 Å². The number of amides is 7.